The maximum absolute atomic E-state index is 13.4. The maximum Gasteiger partial charge on any atom is 0.255 e. The van der Waals surface area contributed by atoms with Gasteiger partial charge in [0.15, 0.2) is 0 Å². The fraction of sp³-hybridized carbons (Fsp3) is 0.462. The zero-order valence-corrected chi connectivity index (χ0v) is 20.8. The number of carbonyl (C=O) groups excluding carboxylic acids is 2. The van der Waals surface area contributed by atoms with Crippen molar-refractivity contribution in [3.63, 3.8) is 0 Å². The lowest BCUT2D eigenvalue weighted by Gasteiger charge is -2.43. The standard InChI is InChI=1S/C26H32BrN3O3/c1-28-14-16-29(17-15-28)24(31)18-26(20-33-21-8-3-2-4-9-21)12-7-13-30(19-26)25(32)22-10-5-6-11-23(22)27/h2-6,8-11H,7,12-20H2,1H3/t26-/m0/s1. The van der Waals surface area contributed by atoms with Crippen LogP contribution in [0.1, 0.15) is 29.6 Å². The molecule has 4 rings (SSSR count). The number of para-hydroxylation sites is 1. The highest BCUT2D eigenvalue weighted by atomic mass is 79.9. The van der Waals surface area contributed by atoms with Gasteiger partial charge in [-0.1, -0.05) is 30.3 Å². The van der Waals surface area contributed by atoms with Gasteiger partial charge in [0.25, 0.3) is 5.91 Å². The van der Waals surface area contributed by atoms with E-state index in [-0.39, 0.29) is 11.8 Å². The molecule has 1 atom stereocenters. The molecule has 2 amide bonds. The van der Waals surface area contributed by atoms with E-state index < -0.39 is 5.41 Å². The van der Waals surface area contributed by atoms with Crippen molar-refractivity contribution in [2.45, 2.75) is 19.3 Å². The van der Waals surface area contributed by atoms with Crippen molar-refractivity contribution in [1.82, 2.24) is 14.7 Å². The van der Waals surface area contributed by atoms with Gasteiger partial charge in [-0.2, -0.15) is 0 Å². The van der Waals surface area contributed by atoms with Gasteiger partial charge in [-0.15, -0.1) is 0 Å². The number of carbonyl (C=O) groups is 2. The maximum atomic E-state index is 13.4. The highest BCUT2D eigenvalue weighted by molar-refractivity contribution is 9.10. The lowest BCUT2D eigenvalue weighted by atomic mass is 9.77. The van der Waals surface area contributed by atoms with Gasteiger partial charge in [0.05, 0.1) is 12.2 Å². The Morgan fingerprint density at radius 1 is 0.939 bits per heavy atom. The average Bonchev–Trinajstić information content (AvgIpc) is 2.84. The summed E-state index contributed by atoms with van der Waals surface area (Å²) in [5.41, 5.74) is 0.244. The lowest BCUT2D eigenvalue weighted by Crippen LogP contribution is -2.53. The molecule has 2 aromatic carbocycles. The predicted octanol–water partition coefficient (Wildman–Crippen LogP) is 3.91. The summed E-state index contributed by atoms with van der Waals surface area (Å²) in [6.07, 6.45) is 2.10. The van der Waals surface area contributed by atoms with E-state index in [4.69, 9.17) is 4.74 Å². The third-order valence-corrected chi connectivity index (χ3v) is 7.41. The summed E-state index contributed by atoms with van der Waals surface area (Å²) >= 11 is 3.51. The Labute approximate surface area is 204 Å². The number of likely N-dealkylation sites (N-methyl/N-ethyl adjacent to an activating group) is 1. The summed E-state index contributed by atoms with van der Waals surface area (Å²) in [5.74, 6) is 0.950. The molecular weight excluding hydrogens is 482 g/mol. The van der Waals surface area contributed by atoms with Crippen LogP contribution in [0.25, 0.3) is 0 Å². The lowest BCUT2D eigenvalue weighted by molar-refractivity contribution is -0.137. The van der Waals surface area contributed by atoms with Crippen LogP contribution >= 0.6 is 15.9 Å². The minimum absolute atomic E-state index is 0.00157. The smallest absolute Gasteiger partial charge is 0.255 e. The van der Waals surface area contributed by atoms with Crippen molar-refractivity contribution < 1.29 is 14.3 Å². The van der Waals surface area contributed by atoms with E-state index in [1.165, 1.54) is 0 Å². The summed E-state index contributed by atoms with van der Waals surface area (Å²) < 4.78 is 6.98. The van der Waals surface area contributed by atoms with Gasteiger partial charge in [-0.05, 0) is 60.1 Å². The summed E-state index contributed by atoms with van der Waals surface area (Å²) in [4.78, 5) is 32.8. The summed E-state index contributed by atoms with van der Waals surface area (Å²) in [6, 6.07) is 17.2. The first kappa shape index (κ1) is 23.8. The van der Waals surface area contributed by atoms with Gasteiger partial charge in [0, 0.05) is 55.6 Å². The third kappa shape index (κ3) is 5.95. The van der Waals surface area contributed by atoms with Crippen LogP contribution in [0, 0.1) is 5.41 Å². The first-order chi connectivity index (χ1) is 16.0. The number of nitrogens with zero attached hydrogens (tertiary/aromatic N) is 3. The Bertz CT molecular complexity index is 962. The van der Waals surface area contributed by atoms with Crippen LogP contribution in [0.4, 0.5) is 0 Å². The molecule has 176 valence electrons. The van der Waals surface area contributed by atoms with E-state index in [1.54, 1.807) is 0 Å². The Balaban J connectivity index is 1.53. The Kier molecular flexibility index (Phi) is 7.71. The van der Waals surface area contributed by atoms with Crippen molar-refractivity contribution in [2.24, 2.45) is 5.41 Å². The SMILES string of the molecule is CN1CCN(C(=O)C[C@@]2(COc3ccccc3)CCCN(C(=O)c3ccccc3Br)C2)CC1. The number of hydrogen-bond acceptors (Lipinski definition) is 4. The zero-order valence-electron chi connectivity index (χ0n) is 19.2. The number of halogens is 1. The third-order valence-electron chi connectivity index (χ3n) is 6.72. The summed E-state index contributed by atoms with van der Waals surface area (Å²) in [5, 5.41) is 0. The molecule has 0 N–H and O–H groups in total. The van der Waals surface area contributed by atoms with E-state index in [2.05, 4.69) is 27.9 Å². The van der Waals surface area contributed by atoms with Crippen LogP contribution in [-0.4, -0.2) is 79.4 Å². The Hall–Kier alpha value is -2.38. The van der Waals surface area contributed by atoms with Crippen LogP contribution in [-0.2, 0) is 4.79 Å². The van der Waals surface area contributed by atoms with E-state index in [0.717, 1.165) is 49.2 Å². The molecule has 7 heteroatoms. The molecule has 2 aliphatic heterocycles. The molecule has 0 radical (unpaired) electrons. The molecule has 0 spiro atoms. The number of hydrogen-bond donors (Lipinski definition) is 0. The fourth-order valence-corrected chi connectivity index (χ4v) is 5.20. The second-order valence-electron chi connectivity index (χ2n) is 9.27. The van der Waals surface area contributed by atoms with Gasteiger partial charge in [0.1, 0.15) is 5.75 Å². The molecular formula is C26H32BrN3O3. The van der Waals surface area contributed by atoms with Crippen LogP contribution < -0.4 is 4.74 Å². The molecule has 2 heterocycles. The van der Waals surface area contributed by atoms with Gasteiger partial charge in [0.2, 0.25) is 5.91 Å². The fourth-order valence-electron chi connectivity index (χ4n) is 4.74. The molecule has 0 bridgehead atoms. The first-order valence-corrected chi connectivity index (χ1v) is 12.4. The second kappa shape index (κ2) is 10.7. The van der Waals surface area contributed by atoms with Gasteiger partial charge in [-0.25, -0.2) is 0 Å². The number of rotatable bonds is 6. The Morgan fingerprint density at radius 2 is 1.64 bits per heavy atom. The van der Waals surface area contributed by atoms with Gasteiger partial charge in [-0.3, -0.25) is 9.59 Å². The molecule has 2 aliphatic rings. The van der Waals surface area contributed by atoms with Crippen molar-refractivity contribution in [1.29, 1.82) is 0 Å². The molecule has 2 aromatic rings. The van der Waals surface area contributed by atoms with E-state index in [9.17, 15) is 9.59 Å². The summed E-state index contributed by atoms with van der Waals surface area (Å²) in [6.45, 7) is 4.92. The van der Waals surface area contributed by atoms with Crippen molar-refractivity contribution in [3.8, 4) is 5.75 Å². The minimum Gasteiger partial charge on any atom is -0.493 e. The topological polar surface area (TPSA) is 53.1 Å². The molecule has 2 fully saturated rings. The van der Waals surface area contributed by atoms with E-state index >= 15 is 0 Å². The molecule has 0 aliphatic carbocycles. The van der Waals surface area contributed by atoms with E-state index in [0.29, 0.717) is 31.7 Å². The first-order valence-electron chi connectivity index (χ1n) is 11.6. The van der Waals surface area contributed by atoms with E-state index in [1.807, 2.05) is 64.4 Å². The second-order valence-corrected chi connectivity index (χ2v) is 10.1. The normalized spacial score (nSPS) is 21.6. The van der Waals surface area contributed by atoms with Crippen molar-refractivity contribution >= 4 is 27.7 Å². The average molecular weight is 514 g/mol. The number of likely N-dealkylation sites (tertiary alicyclic amines) is 1. The Morgan fingerprint density at radius 3 is 2.36 bits per heavy atom. The van der Waals surface area contributed by atoms with Crippen molar-refractivity contribution in [3.05, 3.63) is 64.6 Å². The number of ether oxygens (including phenoxy) is 1. The van der Waals surface area contributed by atoms with Gasteiger partial charge >= 0.3 is 0 Å². The minimum atomic E-state index is -0.411. The quantitative estimate of drug-likeness (QED) is 0.587. The zero-order chi connectivity index (χ0) is 23.3. The number of amides is 2. The molecule has 0 saturated carbocycles. The van der Waals surface area contributed by atoms with Crippen LogP contribution in [0.3, 0.4) is 0 Å². The number of benzene rings is 2. The highest BCUT2D eigenvalue weighted by Crippen LogP contribution is 2.36. The predicted molar refractivity (Wildman–Crippen MR) is 132 cm³/mol. The number of piperazine rings is 1. The molecule has 6 nitrogen and oxygen atoms in total. The van der Waals surface area contributed by atoms with Gasteiger partial charge < -0.3 is 19.4 Å². The van der Waals surface area contributed by atoms with Crippen LogP contribution in [0.15, 0.2) is 59.1 Å². The molecule has 33 heavy (non-hydrogen) atoms. The monoisotopic (exact) mass is 513 g/mol. The summed E-state index contributed by atoms with van der Waals surface area (Å²) in [7, 11) is 2.09. The van der Waals surface area contributed by atoms with Crippen LogP contribution in [0.5, 0.6) is 5.75 Å². The molecule has 2 saturated heterocycles. The molecule has 0 unspecified atom stereocenters. The highest BCUT2D eigenvalue weighted by Gasteiger charge is 2.41. The largest absolute Gasteiger partial charge is 0.493 e. The number of piperidine rings is 1. The molecule has 0 aromatic heterocycles. The van der Waals surface area contributed by atoms with Crippen molar-refractivity contribution in [2.75, 3.05) is 52.9 Å². The van der Waals surface area contributed by atoms with Crippen LogP contribution in [0.2, 0.25) is 0 Å².